The van der Waals surface area contributed by atoms with Gasteiger partial charge in [0.25, 0.3) is 5.91 Å². The molecule has 3 aromatic rings. The minimum atomic E-state index is -0.189. The van der Waals surface area contributed by atoms with Crippen LogP contribution in [-0.2, 0) is 6.54 Å². The Labute approximate surface area is 148 Å². The van der Waals surface area contributed by atoms with Crippen molar-refractivity contribution >= 4 is 22.5 Å². The number of fused-ring (bicyclic) bond motifs is 1. The van der Waals surface area contributed by atoms with E-state index in [0.717, 1.165) is 36.2 Å². The topological polar surface area (TPSA) is 45.2 Å². The van der Waals surface area contributed by atoms with Crippen molar-refractivity contribution in [3.63, 3.8) is 0 Å². The highest BCUT2D eigenvalue weighted by Crippen LogP contribution is 2.16. The summed E-state index contributed by atoms with van der Waals surface area (Å²) < 4.78 is 0. The molecular formula is C21H23N3O. The normalized spacial score (nSPS) is 11.0. The molecule has 1 heterocycles. The number of para-hydroxylation sites is 1. The van der Waals surface area contributed by atoms with Gasteiger partial charge in [0.15, 0.2) is 0 Å². The summed E-state index contributed by atoms with van der Waals surface area (Å²) in [5.41, 5.74) is 3.23. The van der Waals surface area contributed by atoms with E-state index in [1.807, 2.05) is 48.5 Å². The predicted molar refractivity (Wildman–Crippen MR) is 103 cm³/mol. The third-order valence-electron chi connectivity index (χ3n) is 4.32. The fourth-order valence-electron chi connectivity index (χ4n) is 2.84. The van der Waals surface area contributed by atoms with Crippen molar-refractivity contribution in [2.24, 2.45) is 0 Å². The lowest BCUT2D eigenvalue weighted by atomic mass is 10.1. The molecule has 1 aromatic heterocycles. The van der Waals surface area contributed by atoms with Crippen molar-refractivity contribution in [2.45, 2.75) is 20.4 Å². The van der Waals surface area contributed by atoms with Gasteiger partial charge in [0, 0.05) is 17.6 Å². The van der Waals surface area contributed by atoms with Gasteiger partial charge in [-0.2, -0.15) is 0 Å². The van der Waals surface area contributed by atoms with Gasteiger partial charge in [-0.3, -0.25) is 9.69 Å². The van der Waals surface area contributed by atoms with Crippen molar-refractivity contribution in [3.8, 4) is 0 Å². The van der Waals surface area contributed by atoms with E-state index < -0.39 is 0 Å². The summed E-state index contributed by atoms with van der Waals surface area (Å²) in [6.45, 7) is 7.20. The molecule has 1 amide bonds. The fourth-order valence-corrected chi connectivity index (χ4v) is 2.84. The van der Waals surface area contributed by atoms with Gasteiger partial charge < -0.3 is 5.32 Å². The molecule has 2 aromatic carbocycles. The minimum absolute atomic E-state index is 0.189. The van der Waals surface area contributed by atoms with Gasteiger partial charge in [0.2, 0.25) is 0 Å². The van der Waals surface area contributed by atoms with Gasteiger partial charge in [-0.05, 0) is 42.9 Å². The second-order valence-corrected chi connectivity index (χ2v) is 6.01. The van der Waals surface area contributed by atoms with E-state index in [9.17, 15) is 4.79 Å². The first-order valence-corrected chi connectivity index (χ1v) is 8.68. The van der Waals surface area contributed by atoms with E-state index in [-0.39, 0.29) is 5.91 Å². The van der Waals surface area contributed by atoms with E-state index in [1.165, 1.54) is 5.56 Å². The highest BCUT2D eigenvalue weighted by molar-refractivity contribution is 6.04. The summed E-state index contributed by atoms with van der Waals surface area (Å²) in [6.07, 6.45) is 0. The summed E-state index contributed by atoms with van der Waals surface area (Å²) >= 11 is 0. The van der Waals surface area contributed by atoms with E-state index in [2.05, 4.69) is 35.1 Å². The number of pyridine rings is 1. The van der Waals surface area contributed by atoms with Crippen molar-refractivity contribution < 1.29 is 4.79 Å². The number of anilines is 1. The third-order valence-corrected chi connectivity index (χ3v) is 4.32. The number of nitrogens with zero attached hydrogens (tertiary/aromatic N) is 2. The van der Waals surface area contributed by atoms with Crippen molar-refractivity contribution in [3.05, 3.63) is 71.9 Å². The van der Waals surface area contributed by atoms with Crippen LogP contribution in [0.5, 0.6) is 0 Å². The second-order valence-electron chi connectivity index (χ2n) is 6.01. The maximum atomic E-state index is 12.5. The highest BCUT2D eigenvalue weighted by Gasteiger charge is 2.09. The van der Waals surface area contributed by atoms with Crippen LogP contribution in [0, 0.1) is 0 Å². The largest absolute Gasteiger partial charge is 0.321 e. The van der Waals surface area contributed by atoms with Crippen molar-refractivity contribution in [1.82, 2.24) is 9.88 Å². The zero-order valence-corrected chi connectivity index (χ0v) is 14.7. The van der Waals surface area contributed by atoms with E-state index in [4.69, 9.17) is 0 Å². The number of rotatable bonds is 6. The summed E-state index contributed by atoms with van der Waals surface area (Å²) in [5.74, 6) is -0.189. The van der Waals surface area contributed by atoms with Gasteiger partial charge in [0.1, 0.15) is 5.69 Å². The molecule has 3 rings (SSSR count). The summed E-state index contributed by atoms with van der Waals surface area (Å²) in [5, 5.41) is 3.98. The minimum Gasteiger partial charge on any atom is -0.321 e. The Hall–Kier alpha value is -2.72. The first kappa shape index (κ1) is 17.1. The molecule has 0 atom stereocenters. The Balaban J connectivity index is 1.75. The Morgan fingerprint density at radius 2 is 1.80 bits per heavy atom. The molecule has 0 aliphatic carbocycles. The maximum Gasteiger partial charge on any atom is 0.274 e. The zero-order chi connectivity index (χ0) is 17.6. The predicted octanol–water partition coefficient (Wildman–Crippen LogP) is 4.33. The molecule has 4 nitrogen and oxygen atoms in total. The van der Waals surface area contributed by atoms with Gasteiger partial charge >= 0.3 is 0 Å². The second kappa shape index (κ2) is 7.90. The zero-order valence-electron chi connectivity index (χ0n) is 14.7. The average Bonchev–Trinajstić information content (AvgIpc) is 2.66. The SMILES string of the molecule is CCN(CC)Cc1cccc(NC(=O)c2ccc3ccccc3n2)c1. The van der Waals surface area contributed by atoms with Crippen LogP contribution in [0.4, 0.5) is 5.69 Å². The van der Waals surface area contributed by atoms with Crippen LogP contribution in [0.1, 0.15) is 29.9 Å². The lowest BCUT2D eigenvalue weighted by Crippen LogP contribution is -2.22. The first-order chi connectivity index (χ1) is 12.2. The molecule has 0 saturated heterocycles. The Kier molecular flexibility index (Phi) is 5.41. The van der Waals surface area contributed by atoms with Gasteiger partial charge in [-0.25, -0.2) is 4.98 Å². The number of hydrogen-bond donors (Lipinski definition) is 1. The standard InChI is InChI=1S/C21H23N3O/c1-3-24(4-2)15-16-8-7-10-18(14-16)22-21(25)20-13-12-17-9-5-6-11-19(17)23-20/h5-14H,3-4,15H2,1-2H3,(H,22,25). The van der Waals surface area contributed by atoms with Crippen LogP contribution < -0.4 is 5.32 Å². The van der Waals surface area contributed by atoms with Crippen molar-refractivity contribution in [2.75, 3.05) is 18.4 Å². The summed E-state index contributed by atoms with van der Waals surface area (Å²) in [7, 11) is 0. The molecule has 0 aliphatic rings. The number of aromatic nitrogens is 1. The number of nitrogens with one attached hydrogen (secondary N) is 1. The van der Waals surface area contributed by atoms with Crippen LogP contribution in [0.3, 0.4) is 0 Å². The lowest BCUT2D eigenvalue weighted by Gasteiger charge is -2.18. The Morgan fingerprint density at radius 3 is 2.60 bits per heavy atom. The van der Waals surface area contributed by atoms with E-state index in [1.54, 1.807) is 6.07 Å². The third kappa shape index (κ3) is 4.22. The number of amides is 1. The van der Waals surface area contributed by atoms with Gasteiger partial charge in [-0.15, -0.1) is 0 Å². The van der Waals surface area contributed by atoms with Crippen LogP contribution in [0.25, 0.3) is 10.9 Å². The van der Waals surface area contributed by atoms with Crippen LogP contribution >= 0.6 is 0 Å². The van der Waals surface area contributed by atoms with Crippen molar-refractivity contribution in [1.29, 1.82) is 0 Å². The molecule has 0 radical (unpaired) electrons. The molecule has 1 N–H and O–H groups in total. The molecule has 25 heavy (non-hydrogen) atoms. The number of benzene rings is 2. The van der Waals surface area contributed by atoms with Gasteiger partial charge in [0.05, 0.1) is 5.52 Å². The fraction of sp³-hybridized carbons (Fsp3) is 0.238. The molecule has 0 aliphatic heterocycles. The summed E-state index contributed by atoms with van der Waals surface area (Å²) in [4.78, 5) is 19.3. The molecule has 0 saturated carbocycles. The number of carbonyl (C=O) groups excluding carboxylic acids is 1. The molecule has 0 bridgehead atoms. The molecule has 0 unspecified atom stereocenters. The summed E-state index contributed by atoms with van der Waals surface area (Å²) in [6, 6.07) is 19.5. The van der Waals surface area contributed by atoms with Crippen LogP contribution in [0.15, 0.2) is 60.7 Å². The van der Waals surface area contributed by atoms with Crippen LogP contribution in [-0.4, -0.2) is 28.9 Å². The molecular weight excluding hydrogens is 310 g/mol. The van der Waals surface area contributed by atoms with E-state index >= 15 is 0 Å². The maximum absolute atomic E-state index is 12.5. The molecule has 4 heteroatoms. The van der Waals surface area contributed by atoms with E-state index in [0.29, 0.717) is 5.69 Å². The van der Waals surface area contributed by atoms with Crippen LogP contribution in [0.2, 0.25) is 0 Å². The molecule has 128 valence electrons. The highest BCUT2D eigenvalue weighted by atomic mass is 16.1. The molecule has 0 fully saturated rings. The quantitative estimate of drug-likeness (QED) is 0.730. The number of hydrogen-bond acceptors (Lipinski definition) is 3. The number of carbonyl (C=O) groups is 1. The monoisotopic (exact) mass is 333 g/mol. The first-order valence-electron chi connectivity index (χ1n) is 8.68. The lowest BCUT2D eigenvalue weighted by molar-refractivity contribution is 0.102. The smallest absolute Gasteiger partial charge is 0.274 e. The molecule has 0 spiro atoms. The van der Waals surface area contributed by atoms with Gasteiger partial charge in [-0.1, -0.05) is 50.2 Å². The Bertz CT molecular complexity index is 872. The average molecular weight is 333 g/mol. The Morgan fingerprint density at radius 1 is 1.00 bits per heavy atom.